The SMILES string of the molecule is CC1(C)OB(c2cnc3c(ccn3CC3CCN(C(=O)CCc4ccccc4)CC3)c2)OC1(C)C. The second-order valence-corrected chi connectivity index (χ2v) is 11.0. The fourth-order valence-electron chi connectivity index (χ4n) is 5.05. The number of aryl methyl sites for hydroxylation is 1. The van der Waals surface area contributed by atoms with Gasteiger partial charge in [-0.05, 0) is 70.6 Å². The van der Waals surface area contributed by atoms with Crippen molar-refractivity contribution in [1.29, 1.82) is 0 Å². The van der Waals surface area contributed by atoms with Gasteiger partial charge in [0.25, 0.3) is 0 Å². The lowest BCUT2D eigenvalue weighted by atomic mass is 9.80. The lowest BCUT2D eigenvalue weighted by Gasteiger charge is -2.32. The normalized spacial score (nSPS) is 20.0. The van der Waals surface area contributed by atoms with E-state index in [1.54, 1.807) is 0 Å². The Bertz CT molecular complexity index is 1170. The van der Waals surface area contributed by atoms with Crippen molar-refractivity contribution in [1.82, 2.24) is 14.5 Å². The monoisotopic (exact) mass is 473 g/mol. The molecule has 3 aromatic rings. The predicted molar refractivity (Wildman–Crippen MR) is 140 cm³/mol. The Morgan fingerprint density at radius 3 is 2.43 bits per heavy atom. The third-order valence-corrected chi connectivity index (χ3v) is 8.04. The van der Waals surface area contributed by atoms with Crippen molar-refractivity contribution in [2.24, 2.45) is 5.92 Å². The maximum absolute atomic E-state index is 12.7. The lowest BCUT2D eigenvalue weighted by Crippen LogP contribution is -2.41. The molecule has 6 nitrogen and oxygen atoms in total. The highest BCUT2D eigenvalue weighted by Gasteiger charge is 2.51. The molecule has 2 aliphatic rings. The molecule has 4 heterocycles. The smallest absolute Gasteiger partial charge is 0.399 e. The molecule has 0 aliphatic carbocycles. The summed E-state index contributed by atoms with van der Waals surface area (Å²) in [6.07, 6.45) is 7.48. The van der Waals surface area contributed by atoms with Crippen molar-refractivity contribution in [3.63, 3.8) is 0 Å². The number of likely N-dealkylation sites (tertiary alicyclic amines) is 1. The Balaban J connectivity index is 1.16. The average molecular weight is 473 g/mol. The van der Waals surface area contributed by atoms with Gasteiger partial charge < -0.3 is 18.8 Å². The van der Waals surface area contributed by atoms with Crippen LogP contribution in [0.15, 0.2) is 54.9 Å². The van der Waals surface area contributed by atoms with Gasteiger partial charge in [-0.3, -0.25) is 4.79 Å². The second-order valence-electron chi connectivity index (χ2n) is 11.0. The zero-order valence-electron chi connectivity index (χ0n) is 21.4. The molecule has 2 saturated heterocycles. The van der Waals surface area contributed by atoms with E-state index in [2.05, 4.69) is 62.7 Å². The molecule has 0 unspecified atom stereocenters. The minimum absolute atomic E-state index is 0.274. The highest BCUT2D eigenvalue weighted by atomic mass is 16.7. The van der Waals surface area contributed by atoms with Crippen LogP contribution in [0.2, 0.25) is 0 Å². The van der Waals surface area contributed by atoms with Crippen molar-refractivity contribution < 1.29 is 14.1 Å². The van der Waals surface area contributed by atoms with Gasteiger partial charge in [-0.15, -0.1) is 0 Å². The van der Waals surface area contributed by atoms with Gasteiger partial charge in [0.15, 0.2) is 0 Å². The fourth-order valence-corrected chi connectivity index (χ4v) is 5.05. The highest BCUT2D eigenvalue weighted by Crippen LogP contribution is 2.36. The number of amides is 1. The predicted octanol–water partition coefficient (Wildman–Crippen LogP) is 4.21. The quantitative estimate of drug-likeness (QED) is 0.504. The van der Waals surface area contributed by atoms with E-state index in [4.69, 9.17) is 14.3 Å². The minimum atomic E-state index is -0.399. The molecule has 2 fully saturated rings. The lowest BCUT2D eigenvalue weighted by molar-refractivity contribution is -0.132. The summed E-state index contributed by atoms with van der Waals surface area (Å²) in [6.45, 7) is 10.9. The van der Waals surface area contributed by atoms with Crippen LogP contribution in [-0.2, 0) is 27.1 Å². The summed E-state index contributed by atoms with van der Waals surface area (Å²) in [5, 5.41) is 1.10. The number of aromatic nitrogens is 2. The summed E-state index contributed by atoms with van der Waals surface area (Å²) in [7, 11) is -0.399. The molecule has 184 valence electrons. The van der Waals surface area contributed by atoms with Gasteiger partial charge in [-0.1, -0.05) is 30.3 Å². The largest absolute Gasteiger partial charge is 0.496 e. The molecule has 2 aliphatic heterocycles. The summed E-state index contributed by atoms with van der Waals surface area (Å²) in [6, 6.07) is 14.5. The van der Waals surface area contributed by atoms with Gasteiger partial charge in [0.1, 0.15) is 5.65 Å². The van der Waals surface area contributed by atoms with Crippen LogP contribution >= 0.6 is 0 Å². The molecule has 0 N–H and O–H groups in total. The fraction of sp³-hybridized carbons (Fsp3) is 0.500. The van der Waals surface area contributed by atoms with E-state index in [0.717, 1.165) is 55.4 Å². The first-order valence-electron chi connectivity index (χ1n) is 12.8. The summed E-state index contributed by atoms with van der Waals surface area (Å²) < 4.78 is 14.6. The van der Waals surface area contributed by atoms with Crippen molar-refractivity contribution in [3.05, 3.63) is 60.4 Å². The third-order valence-electron chi connectivity index (χ3n) is 8.04. The Kier molecular flexibility index (Phi) is 6.49. The van der Waals surface area contributed by atoms with Gasteiger partial charge in [-0.2, -0.15) is 0 Å². The molecule has 0 saturated carbocycles. The van der Waals surface area contributed by atoms with Crippen LogP contribution < -0.4 is 5.46 Å². The van der Waals surface area contributed by atoms with Gasteiger partial charge in [0.2, 0.25) is 5.91 Å². The molecule has 1 aromatic carbocycles. The molecule has 35 heavy (non-hydrogen) atoms. The molecule has 2 aromatic heterocycles. The van der Waals surface area contributed by atoms with Crippen molar-refractivity contribution in [2.75, 3.05) is 13.1 Å². The molecule has 1 amide bonds. The van der Waals surface area contributed by atoms with E-state index in [-0.39, 0.29) is 17.1 Å². The number of benzene rings is 1. The molecular weight excluding hydrogens is 437 g/mol. The van der Waals surface area contributed by atoms with Crippen LogP contribution in [-0.4, -0.2) is 51.8 Å². The number of carbonyl (C=O) groups excluding carboxylic acids is 1. The number of piperidine rings is 1. The van der Waals surface area contributed by atoms with Crippen molar-refractivity contribution in [3.8, 4) is 0 Å². The summed E-state index contributed by atoms with van der Waals surface area (Å²) in [5.41, 5.74) is 2.44. The number of fused-ring (bicyclic) bond motifs is 1. The highest BCUT2D eigenvalue weighted by molar-refractivity contribution is 6.62. The maximum atomic E-state index is 12.7. The topological polar surface area (TPSA) is 56.6 Å². The van der Waals surface area contributed by atoms with Crippen LogP contribution in [0.1, 0.15) is 52.5 Å². The van der Waals surface area contributed by atoms with Gasteiger partial charge in [0, 0.05) is 49.3 Å². The molecule has 0 radical (unpaired) electrons. The summed E-state index contributed by atoms with van der Waals surface area (Å²) in [5.74, 6) is 0.823. The van der Waals surface area contributed by atoms with Crippen molar-refractivity contribution >= 4 is 29.5 Å². The zero-order chi connectivity index (χ0) is 24.6. The number of nitrogens with zero attached hydrogens (tertiary/aromatic N) is 3. The van der Waals surface area contributed by atoms with Crippen LogP contribution in [0.25, 0.3) is 11.0 Å². The van der Waals surface area contributed by atoms with E-state index in [9.17, 15) is 4.79 Å². The summed E-state index contributed by atoms with van der Waals surface area (Å²) >= 11 is 0. The van der Waals surface area contributed by atoms with E-state index >= 15 is 0 Å². The average Bonchev–Trinajstić information content (AvgIpc) is 3.34. The third kappa shape index (κ3) is 5.02. The molecule has 5 rings (SSSR count). The molecule has 7 heteroatoms. The zero-order valence-corrected chi connectivity index (χ0v) is 21.4. The van der Waals surface area contributed by atoms with E-state index in [0.29, 0.717) is 12.3 Å². The first kappa shape index (κ1) is 24.1. The van der Waals surface area contributed by atoms with E-state index in [1.807, 2.05) is 29.3 Å². The Morgan fingerprint density at radius 1 is 1.06 bits per heavy atom. The van der Waals surface area contributed by atoms with Crippen molar-refractivity contribution in [2.45, 2.75) is 71.1 Å². The Hall–Kier alpha value is -2.64. The molecular formula is C28H36BN3O3. The van der Waals surface area contributed by atoms with Gasteiger partial charge in [-0.25, -0.2) is 4.98 Å². The van der Waals surface area contributed by atoms with Crippen LogP contribution in [0.3, 0.4) is 0 Å². The van der Waals surface area contributed by atoms with Crippen LogP contribution in [0.5, 0.6) is 0 Å². The van der Waals surface area contributed by atoms with Crippen LogP contribution in [0, 0.1) is 5.92 Å². The van der Waals surface area contributed by atoms with E-state index < -0.39 is 7.12 Å². The molecule has 0 bridgehead atoms. The number of hydrogen-bond donors (Lipinski definition) is 0. The van der Waals surface area contributed by atoms with Gasteiger partial charge >= 0.3 is 7.12 Å². The first-order chi connectivity index (χ1) is 16.7. The van der Waals surface area contributed by atoms with Crippen LogP contribution in [0.4, 0.5) is 0 Å². The number of carbonyl (C=O) groups is 1. The number of rotatable bonds is 6. The molecule has 0 atom stereocenters. The maximum Gasteiger partial charge on any atom is 0.496 e. The van der Waals surface area contributed by atoms with E-state index in [1.165, 1.54) is 5.56 Å². The Morgan fingerprint density at radius 2 is 1.74 bits per heavy atom. The first-order valence-corrected chi connectivity index (χ1v) is 12.8. The number of pyridine rings is 1. The second kappa shape index (κ2) is 9.43. The minimum Gasteiger partial charge on any atom is -0.399 e. The standard InChI is InChI=1S/C28H36BN3O3/c1-27(2)28(3,4)35-29(34-27)24-18-23-14-17-32(26(23)30-19-24)20-22-12-15-31(16-13-22)25(33)11-10-21-8-6-5-7-9-21/h5-9,14,17-19,22H,10-13,15-16,20H2,1-4H3. The summed E-state index contributed by atoms with van der Waals surface area (Å²) in [4.78, 5) is 19.5. The number of hydrogen-bond acceptors (Lipinski definition) is 4. The Labute approximate surface area is 208 Å². The molecule has 0 spiro atoms. The van der Waals surface area contributed by atoms with Gasteiger partial charge in [0.05, 0.1) is 11.2 Å².